The Kier molecular flexibility index (Phi) is 7.95. The lowest BCUT2D eigenvalue weighted by molar-refractivity contribution is 0.220. The lowest BCUT2D eigenvalue weighted by atomic mass is 10.0. The van der Waals surface area contributed by atoms with Crippen LogP contribution in [0.15, 0.2) is 188 Å². The first-order valence-corrected chi connectivity index (χ1v) is 18.4. The van der Waals surface area contributed by atoms with Crippen molar-refractivity contribution in [1.29, 1.82) is 0 Å². The van der Waals surface area contributed by atoms with E-state index in [1.54, 1.807) is 0 Å². The van der Waals surface area contributed by atoms with Gasteiger partial charge in [-0.3, -0.25) is 20.5 Å². The fourth-order valence-corrected chi connectivity index (χ4v) is 8.09. The van der Waals surface area contributed by atoms with Crippen LogP contribution in [0.4, 0.5) is 0 Å². The number of rotatable bonds is 6. The van der Waals surface area contributed by atoms with Crippen molar-refractivity contribution in [2.75, 3.05) is 6.54 Å². The normalized spacial score (nSPS) is 18.8. The van der Waals surface area contributed by atoms with E-state index in [4.69, 9.17) is 0 Å². The van der Waals surface area contributed by atoms with Gasteiger partial charge >= 0.3 is 0 Å². The van der Waals surface area contributed by atoms with Gasteiger partial charge in [0.2, 0.25) is 0 Å². The van der Waals surface area contributed by atoms with Crippen molar-refractivity contribution in [2.45, 2.75) is 18.5 Å². The summed E-state index contributed by atoms with van der Waals surface area (Å²) in [6.45, 7) is 0.699. The maximum absolute atomic E-state index is 3.89. The minimum atomic E-state index is -0.0580. The van der Waals surface area contributed by atoms with Crippen molar-refractivity contribution in [3.05, 3.63) is 199 Å². The van der Waals surface area contributed by atoms with Gasteiger partial charge in [-0.25, -0.2) is 0 Å². The van der Waals surface area contributed by atoms with Crippen LogP contribution in [0.5, 0.6) is 0 Å². The molecule has 53 heavy (non-hydrogen) atoms. The van der Waals surface area contributed by atoms with Gasteiger partial charge in [-0.1, -0.05) is 164 Å². The quantitative estimate of drug-likeness (QED) is 0.141. The van der Waals surface area contributed by atoms with Gasteiger partial charge in [0, 0.05) is 17.3 Å². The summed E-state index contributed by atoms with van der Waals surface area (Å²) in [7, 11) is 0. The molecule has 3 heterocycles. The third kappa shape index (κ3) is 5.81. The van der Waals surface area contributed by atoms with E-state index in [0.29, 0.717) is 6.54 Å². The van der Waals surface area contributed by atoms with E-state index in [2.05, 4.69) is 208 Å². The highest BCUT2D eigenvalue weighted by atomic mass is 15.4. The highest BCUT2D eigenvalue weighted by Crippen LogP contribution is 2.39. The average Bonchev–Trinajstić information content (AvgIpc) is 3.59. The molecule has 4 N–H and O–H groups in total. The van der Waals surface area contributed by atoms with Crippen LogP contribution in [0.3, 0.4) is 0 Å². The Morgan fingerprint density at radius 1 is 0.434 bits per heavy atom. The Hall–Kier alpha value is -6.24. The van der Waals surface area contributed by atoms with Gasteiger partial charge < -0.3 is 5.32 Å². The van der Waals surface area contributed by atoms with Gasteiger partial charge in [0.25, 0.3) is 0 Å². The fraction of sp³-hybridized carbons (Fsp3) is 0.0833. The summed E-state index contributed by atoms with van der Waals surface area (Å²) in [5.41, 5.74) is 10.9. The number of dihydropyridines is 1. The number of aromatic nitrogens is 1. The molecule has 1 saturated heterocycles. The molecular weight excluding hydrogens is 647 g/mol. The van der Waals surface area contributed by atoms with Crippen LogP contribution in [0, 0.1) is 0 Å². The largest absolute Gasteiger partial charge is 0.367 e. The zero-order valence-corrected chi connectivity index (χ0v) is 29.2. The van der Waals surface area contributed by atoms with Gasteiger partial charge in [-0.2, -0.15) is 0 Å². The minimum Gasteiger partial charge on any atom is -0.367 e. The maximum atomic E-state index is 3.89. The summed E-state index contributed by atoms with van der Waals surface area (Å²) in [4.78, 5) is 0. The number of benzene rings is 7. The molecular formula is C48H39N5. The molecule has 256 valence electrons. The van der Waals surface area contributed by atoms with E-state index in [1.807, 2.05) is 0 Å². The molecule has 1 aromatic heterocycles. The molecule has 0 spiro atoms. The third-order valence-electron chi connectivity index (χ3n) is 10.8. The molecule has 5 nitrogen and oxygen atoms in total. The smallest absolute Gasteiger partial charge is 0.111 e. The van der Waals surface area contributed by atoms with Gasteiger partial charge in [0.15, 0.2) is 0 Å². The highest BCUT2D eigenvalue weighted by molar-refractivity contribution is 6.22. The second-order valence-corrected chi connectivity index (χ2v) is 14.0. The monoisotopic (exact) mass is 685 g/mol. The van der Waals surface area contributed by atoms with Crippen molar-refractivity contribution in [3.63, 3.8) is 0 Å². The molecule has 2 aliphatic heterocycles. The Morgan fingerprint density at radius 2 is 1.02 bits per heavy atom. The predicted octanol–water partition coefficient (Wildman–Crippen LogP) is 10.1. The molecule has 0 bridgehead atoms. The van der Waals surface area contributed by atoms with Gasteiger partial charge in [0.1, 0.15) is 5.82 Å². The van der Waals surface area contributed by atoms with Crippen LogP contribution in [-0.2, 0) is 0 Å². The van der Waals surface area contributed by atoms with Crippen LogP contribution in [-0.4, -0.2) is 17.3 Å². The summed E-state index contributed by atoms with van der Waals surface area (Å²) in [5.74, 6) is 1.07. The van der Waals surface area contributed by atoms with E-state index in [-0.39, 0.29) is 18.5 Å². The molecule has 0 radical (unpaired) electrons. The molecule has 8 aromatic rings. The van der Waals surface area contributed by atoms with Crippen LogP contribution in [0.2, 0.25) is 0 Å². The summed E-state index contributed by atoms with van der Waals surface area (Å²) in [6, 6.07) is 60.9. The van der Waals surface area contributed by atoms with Gasteiger partial charge in [0.05, 0.1) is 29.5 Å². The first-order chi connectivity index (χ1) is 26.3. The fourth-order valence-electron chi connectivity index (χ4n) is 8.09. The summed E-state index contributed by atoms with van der Waals surface area (Å²) < 4.78 is 2.41. The van der Waals surface area contributed by atoms with E-state index < -0.39 is 0 Å². The maximum Gasteiger partial charge on any atom is 0.111 e. The summed E-state index contributed by atoms with van der Waals surface area (Å²) in [5, 5.41) is 20.5. The second kappa shape index (κ2) is 13.4. The molecule has 3 atom stereocenters. The third-order valence-corrected chi connectivity index (χ3v) is 10.8. The van der Waals surface area contributed by atoms with Crippen LogP contribution < -0.4 is 21.3 Å². The topological polar surface area (TPSA) is 53.0 Å². The number of allylic oxidation sites excluding steroid dienone is 2. The molecule has 0 amide bonds. The lowest BCUT2D eigenvalue weighted by Crippen LogP contribution is -2.60. The van der Waals surface area contributed by atoms with E-state index >= 15 is 0 Å². The zero-order valence-electron chi connectivity index (χ0n) is 29.2. The zero-order chi connectivity index (χ0) is 35.1. The van der Waals surface area contributed by atoms with Crippen LogP contribution in [0.25, 0.3) is 60.7 Å². The molecule has 5 heteroatoms. The number of fused-ring (bicyclic) bond motifs is 5. The average molecular weight is 686 g/mol. The number of hydrogen-bond donors (Lipinski definition) is 4. The Bertz CT molecular complexity index is 2640. The molecule has 10 rings (SSSR count). The number of hydrogen-bond acceptors (Lipinski definition) is 4. The Labute approximate surface area is 309 Å². The second-order valence-electron chi connectivity index (χ2n) is 14.0. The minimum absolute atomic E-state index is 0.0328. The molecule has 2 aliphatic rings. The SMILES string of the molecule is C1=C(C2NC(c3ccccc3)NC(c3ccc(-c4ccccc4)cc3)N2)CNC(n2c3cc(-c4ccccc4)ccc3c3c4ccccc4ccc32)=C1. The van der Waals surface area contributed by atoms with Crippen LogP contribution >= 0.6 is 0 Å². The highest BCUT2D eigenvalue weighted by Gasteiger charge is 2.31. The van der Waals surface area contributed by atoms with E-state index in [9.17, 15) is 0 Å². The molecule has 1 fully saturated rings. The molecule has 3 unspecified atom stereocenters. The summed E-state index contributed by atoms with van der Waals surface area (Å²) in [6.07, 6.45) is 4.39. The van der Waals surface area contributed by atoms with Crippen LogP contribution in [0.1, 0.15) is 23.5 Å². The van der Waals surface area contributed by atoms with Gasteiger partial charge in [-0.15, -0.1) is 0 Å². The lowest BCUT2D eigenvalue weighted by Gasteiger charge is -2.41. The van der Waals surface area contributed by atoms with Crippen molar-refractivity contribution in [3.8, 4) is 22.3 Å². The first-order valence-electron chi connectivity index (χ1n) is 18.4. The van der Waals surface area contributed by atoms with Crippen molar-refractivity contribution < 1.29 is 0 Å². The van der Waals surface area contributed by atoms with Crippen molar-refractivity contribution >= 4 is 38.4 Å². The van der Waals surface area contributed by atoms with Crippen molar-refractivity contribution in [2.24, 2.45) is 0 Å². The molecule has 7 aromatic carbocycles. The first kappa shape index (κ1) is 31.5. The van der Waals surface area contributed by atoms with E-state index in [1.165, 1.54) is 71.5 Å². The van der Waals surface area contributed by atoms with Crippen molar-refractivity contribution in [1.82, 2.24) is 25.8 Å². The van der Waals surface area contributed by atoms with E-state index in [0.717, 1.165) is 5.82 Å². The predicted molar refractivity (Wildman–Crippen MR) is 220 cm³/mol. The Morgan fingerprint density at radius 3 is 1.72 bits per heavy atom. The molecule has 0 saturated carbocycles. The Balaban J connectivity index is 1.03. The number of nitrogens with one attached hydrogen (secondary N) is 4. The molecule has 0 aliphatic carbocycles. The summed E-state index contributed by atoms with van der Waals surface area (Å²) >= 11 is 0. The number of nitrogens with zero attached hydrogens (tertiary/aromatic N) is 1. The standard InChI is InChI=1S/C48H39N5/c1-4-12-32(13-5-1)34-20-22-37(23-21-34)47-50-46(36-17-8-3-9-18-36)51-48(52-47)39-26-29-44(49-31-39)53-42-28-25-35-16-10-11-19-40(35)45(42)41-27-24-38(30-43(41)53)33-14-6-2-7-15-33/h1-30,46-52H,31H2. The van der Waals surface area contributed by atoms with Gasteiger partial charge in [-0.05, 0) is 67.9 Å².